The summed E-state index contributed by atoms with van der Waals surface area (Å²) >= 11 is 12.0. The van der Waals surface area contributed by atoms with Crippen molar-refractivity contribution in [2.75, 3.05) is 32.8 Å². The zero-order chi connectivity index (χ0) is 20.6. The molecule has 7 heteroatoms. The molecular formula is C22H24Cl2N2O3. The van der Waals surface area contributed by atoms with Crippen LogP contribution in [-0.4, -0.2) is 54.4 Å². The third kappa shape index (κ3) is 6.12. The Morgan fingerprint density at radius 1 is 0.897 bits per heavy atom. The Hall–Kier alpha value is -2.24. The second-order valence-corrected chi connectivity index (χ2v) is 7.73. The van der Waals surface area contributed by atoms with Crippen molar-refractivity contribution in [3.8, 4) is 5.75 Å². The van der Waals surface area contributed by atoms with Gasteiger partial charge in [0.25, 0.3) is 5.91 Å². The van der Waals surface area contributed by atoms with E-state index in [1.54, 1.807) is 23.1 Å². The maximum atomic E-state index is 12.7. The summed E-state index contributed by atoms with van der Waals surface area (Å²) < 4.78 is 5.64. The fourth-order valence-electron chi connectivity index (χ4n) is 3.27. The van der Waals surface area contributed by atoms with Crippen molar-refractivity contribution in [1.82, 2.24) is 9.80 Å². The van der Waals surface area contributed by atoms with Gasteiger partial charge >= 0.3 is 0 Å². The molecule has 0 saturated carbocycles. The summed E-state index contributed by atoms with van der Waals surface area (Å²) in [6.45, 7) is 2.81. The normalized spacial score (nSPS) is 14.4. The van der Waals surface area contributed by atoms with Crippen LogP contribution in [0.2, 0.25) is 10.0 Å². The van der Waals surface area contributed by atoms with E-state index in [4.69, 9.17) is 27.9 Å². The van der Waals surface area contributed by atoms with Crippen LogP contribution in [0.15, 0.2) is 48.5 Å². The number of carbonyl (C=O) groups is 2. The van der Waals surface area contributed by atoms with Gasteiger partial charge in [-0.05, 0) is 43.2 Å². The van der Waals surface area contributed by atoms with Gasteiger partial charge in [0.05, 0.1) is 16.7 Å². The number of rotatable bonds is 6. The molecule has 0 radical (unpaired) electrons. The van der Waals surface area contributed by atoms with E-state index < -0.39 is 0 Å². The van der Waals surface area contributed by atoms with Crippen LogP contribution < -0.4 is 4.74 Å². The monoisotopic (exact) mass is 434 g/mol. The zero-order valence-electron chi connectivity index (χ0n) is 16.2. The number of para-hydroxylation sites is 1. The van der Waals surface area contributed by atoms with Gasteiger partial charge in [-0.15, -0.1) is 0 Å². The van der Waals surface area contributed by atoms with Gasteiger partial charge in [-0.2, -0.15) is 0 Å². The molecule has 0 bridgehead atoms. The van der Waals surface area contributed by atoms with E-state index in [1.165, 1.54) is 0 Å². The number of benzene rings is 2. The standard InChI is InChI=1S/C22H24Cl2N2O3/c23-19-10-9-17(16-20(19)24)22(28)26-12-5-11-25(13-14-26)21(27)8-4-15-29-18-6-2-1-3-7-18/h1-3,6-7,9-10,16H,4-5,8,11-15H2. The molecule has 5 nitrogen and oxygen atoms in total. The lowest BCUT2D eigenvalue weighted by Crippen LogP contribution is -2.37. The van der Waals surface area contributed by atoms with Gasteiger partial charge in [0.1, 0.15) is 5.75 Å². The molecule has 0 unspecified atom stereocenters. The summed E-state index contributed by atoms with van der Waals surface area (Å²) in [7, 11) is 0. The molecule has 154 valence electrons. The van der Waals surface area contributed by atoms with Crippen LogP contribution in [0.1, 0.15) is 29.6 Å². The molecule has 1 heterocycles. The van der Waals surface area contributed by atoms with Crippen molar-refractivity contribution in [2.24, 2.45) is 0 Å². The molecule has 2 aromatic carbocycles. The molecule has 1 saturated heterocycles. The third-order valence-corrected chi connectivity index (χ3v) is 5.59. The predicted octanol–water partition coefficient (Wildman–Crippen LogP) is 4.53. The Labute approximate surface area is 181 Å². The molecule has 0 aliphatic carbocycles. The van der Waals surface area contributed by atoms with Crippen LogP contribution in [0.4, 0.5) is 0 Å². The van der Waals surface area contributed by atoms with E-state index in [9.17, 15) is 9.59 Å². The number of hydrogen-bond donors (Lipinski definition) is 0. The summed E-state index contributed by atoms with van der Waals surface area (Å²) in [5.41, 5.74) is 0.511. The maximum Gasteiger partial charge on any atom is 0.253 e. The summed E-state index contributed by atoms with van der Waals surface area (Å²) in [6.07, 6.45) is 1.85. The van der Waals surface area contributed by atoms with Crippen LogP contribution in [0.3, 0.4) is 0 Å². The van der Waals surface area contributed by atoms with E-state index in [-0.39, 0.29) is 11.8 Å². The number of amides is 2. The highest BCUT2D eigenvalue weighted by Crippen LogP contribution is 2.23. The molecule has 2 aromatic rings. The van der Waals surface area contributed by atoms with Crippen molar-refractivity contribution in [3.63, 3.8) is 0 Å². The van der Waals surface area contributed by atoms with Gasteiger partial charge in [-0.1, -0.05) is 41.4 Å². The number of nitrogens with zero attached hydrogens (tertiary/aromatic N) is 2. The second kappa shape index (κ2) is 10.5. The number of hydrogen-bond acceptors (Lipinski definition) is 3. The number of ether oxygens (including phenoxy) is 1. The molecule has 0 spiro atoms. The summed E-state index contributed by atoms with van der Waals surface area (Å²) in [5.74, 6) is 0.825. The van der Waals surface area contributed by atoms with Crippen LogP contribution in [0, 0.1) is 0 Å². The molecule has 0 aromatic heterocycles. The lowest BCUT2D eigenvalue weighted by Gasteiger charge is -2.22. The van der Waals surface area contributed by atoms with Gasteiger partial charge in [0.15, 0.2) is 0 Å². The molecule has 29 heavy (non-hydrogen) atoms. The highest BCUT2D eigenvalue weighted by molar-refractivity contribution is 6.42. The van der Waals surface area contributed by atoms with Gasteiger partial charge < -0.3 is 14.5 Å². The largest absolute Gasteiger partial charge is 0.494 e. The molecule has 0 N–H and O–H groups in total. The highest BCUT2D eigenvalue weighted by atomic mass is 35.5. The van der Waals surface area contributed by atoms with E-state index in [0.717, 1.165) is 12.2 Å². The van der Waals surface area contributed by atoms with E-state index in [2.05, 4.69) is 0 Å². The number of halogens is 2. The Bertz CT molecular complexity index is 845. The Balaban J connectivity index is 1.45. The van der Waals surface area contributed by atoms with Crippen LogP contribution in [0.25, 0.3) is 0 Å². The predicted molar refractivity (Wildman–Crippen MR) is 115 cm³/mol. The quantitative estimate of drug-likeness (QED) is 0.627. The zero-order valence-corrected chi connectivity index (χ0v) is 17.7. The third-order valence-electron chi connectivity index (χ3n) is 4.85. The van der Waals surface area contributed by atoms with Crippen molar-refractivity contribution in [3.05, 3.63) is 64.1 Å². The fourth-order valence-corrected chi connectivity index (χ4v) is 3.57. The summed E-state index contributed by atoms with van der Waals surface area (Å²) in [6, 6.07) is 14.5. The van der Waals surface area contributed by atoms with Crippen LogP contribution in [0.5, 0.6) is 5.75 Å². The molecular weight excluding hydrogens is 411 g/mol. The minimum absolute atomic E-state index is 0.0888. The van der Waals surface area contributed by atoms with Crippen molar-refractivity contribution in [2.45, 2.75) is 19.3 Å². The van der Waals surface area contributed by atoms with Crippen molar-refractivity contribution >= 4 is 35.0 Å². The summed E-state index contributed by atoms with van der Waals surface area (Å²) in [4.78, 5) is 28.9. The van der Waals surface area contributed by atoms with E-state index >= 15 is 0 Å². The minimum Gasteiger partial charge on any atom is -0.494 e. The van der Waals surface area contributed by atoms with Gasteiger partial charge in [0.2, 0.25) is 5.91 Å². The smallest absolute Gasteiger partial charge is 0.253 e. The first-order valence-corrected chi connectivity index (χ1v) is 10.5. The summed E-state index contributed by atoms with van der Waals surface area (Å²) in [5, 5.41) is 0.786. The average Bonchev–Trinajstić information content (AvgIpc) is 3.00. The minimum atomic E-state index is -0.0888. The fraction of sp³-hybridized carbons (Fsp3) is 0.364. The topological polar surface area (TPSA) is 49.9 Å². The average molecular weight is 435 g/mol. The Morgan fingerprint density at radius 2 is 1.62 bits per heavy atom. The van der Waals surface area contributed by atoms with Gasteiger partial charge in [-0.3, -0.25) is 9.59 Å². The van der Waals surface area contributed by atoms with Gasteiger partial charge in [0, 0.05) is 38.2 Å². The first-order valence-electron chi connectivity index (χ1n) is 9.74. The van der Waals surface area contributed by atoms with Crippen molar-refractivity contribution < 1.29 is 14.3 Å². The Morgan fingerprint density at radius 3 is 2.38 bits per heavy atom. The molecule has 1 aliphatic rings. The van der Waals surface area contributed by atoms with Crippen LogP contribution >= 0.6 is 23.2 Å². The second-order valence-electron chi connectivity index (χ2n) is 6.92. The first-order chi connectivity index (χ1) is 14.0. The highest BCUT2D eigenvalue weighted by Gasteiger charge is 2.23. The van der Waals surface area contributed by atoms with Gasteiger partial charge in [-0.25, -0.2) is 0 Å². The van der Waals surface area contributed by atoms with Crippen LogP contribution in [-0.2, 0) is 4.79 Å². The lowest BCUT2D eigenvalue weighted by molar-refractivity contribution is -0.131. The SMILES string of the molecule is O=C(CCCOc1ccccc1)N1CCCN(C(=O)c2ccc(Cl)c(Cl)c2)CC1. The molecule has 0 atom stereocenters. The van der Waals surface area contributed by atoms with Crippen molar-refractivity contribution in [1.29, 1.82) is 0 Å². The molecule has 2 amide bonds. The Kier molecular flexibility index (Phi) is 7.78. The molecule has 1 fully saturated rings. The number of carbonyl (C=O) groups excluding carboxylic acids is 2. The molecule has 1 aliphatic heterocycles. The maximum absolute atomic E-state index is 12.7. The van der Waals surface area contributed by atoms with E-state index in [1.807, 2.05) is 35.2 Å². The molecule has 3 rings (SSSR count). The first kappa shape index (κ1) is 21.5. The van der Waals surface area contributed by atoms with E-state index in [0.29, 0.717) is 61.2 Å². The lowest BCUT2D eigenvalue weighted by atomic mass is 10.2.